The number of carbonyl (C=O) groups excluding carboxylic acids is 2. The average Bonchev–Trinajstić information content (AvgIpc) is 2.92. The maximum absolute atomic E-state index is 13.0. The Bertz CT molecular complexity index is 1730. The topological polar surface area (TPSA) is 148 Å². The van der Waals surface area contributed by atoms with Crippen LogP contribution in [0.3, 0.4) is 0 Å². The van der Waals surface area contributed by atoms with Gasteiger partial charge < -0.3 is 15.4 Å². The third kappa shape index (κ3) is 6.79. The van der Waals surface area contributed by atoms with Gasteiger partial charge in [-0.2, -0.15) is 4.36 Å². The van der Waals surface area contributed by atoms with Gasteiger partial charge in [-0.1, -0.05) is 12.9 Å². The molecular weight excluding hydrogens is 518 g/mol. The van der Waals surface area contributed by atoms with Crippen LogP contribution in [0.25, 0.3) is 11.3 Å². The number of amides is 1. The molecule has 1 amide bonds. The zero-order valence-electron chi connectivity index (χ0n) is 24.3. The van der Waals surface area contributed by atoms with Crippen LogP contribution in [0.4, 0.5) is 23.0 Å². The third-order valence-corrected chi connectivity index (χ3v) is 5.87. The summed E-state index contributed by atoms with van der Waals surface area (Å²) >= 11 is 0. The Morgan fingerprint density at radius 1 is 1.05 bits per heavy atom. The number of para-hydroxylation sites is 1. The second kappa shape index (κ2) is 11.8. The summed E-state index contributed by atoms with van der Waals surface area (Å²) in [5, 5.41) is 5.78. The van der Waals surface area contributed by atoms with Crippen LogP contribution < -0.4 is 15.4 Å². The van der Waals surface area contributed by atoms with Crippen molar-refractivity contribution in [2.24, 2.45) is 4.36 Å². The van der Waals surface area contributed by atoms with Crippen molar-refractivity contribution < 1.29 is 22.6 Å². The Balaban J connectivity index is 1.73. The van der Waals surface area contributed by atoms with Crippen molar-refractivity contribution in [3.8, 4) is 17.0 Å². The number of hydrogen-bond acceptors (Lipinski definition) is 10. The summed E-state index contributed by atoms with van der Waals surface area (Å²) < 4.78 is 44.3. The summed E-state index contributed by atoms with van der Waals surface area (Å²) in [6, 6.07) is 9.79. The van der Waals surface area contributed by atoms with E-state index in [1.165, 1.54) is 56.7 Å². The Labute approximate surface area is 230 Å². The van der Waals surface area contributed by atoms with Gasteiger partial charge in [0.05, 0.1) is 47.7 Å². The van der Waals surface area contributed by atoms with Crippen molar-refractivity contribution in [3.63, 3.8) is 0 Å². The number of nitrogens with zero attached hydrogens (tertiary/aromatic N) is 5. The van der Waals surface area contributed by atoms with Gasteiger partial charge in [0.15, 0.2) is 17.4 Å². The molecule has 4 rings (SSSR count). The Morgan fingerprint density at radius 2 is 1.90 bits per heavy atom. The first-order chi connectivity index (χ1) is 19.8. The van der Waals surface area contributed by atoms with Crippen LogP contribution in [0.15, 0.2) is 71.7 Å². The minimum absolute atomic E-state index is 0.00596. The molecule has 0 aliphatic rings. The number of rotatable bonds is 9. The van der Waals surface area contributed by atoms with E-state index >= 15 is 0 Å². The predicted molar refractivity (Wildman–Crippen MR) is 150 cm³/mol. The fraction of sp³-hybridized carbons (Fsp3) is 0.185. The second-order valence-electron chi connectivity index (χ2n) is 8.45. The van der Waals surface area contributed by atoms with E-state index < -0.39 is 34.7 Å². The largest absolute Gasteiger partial charge is 0.494 e. The molecule has 0 unspecified atom stereocenters. The summed E-state index contributed by atoms with van der Waals surface area (Å²) in [7, 11) is -0.962. The molecule has 0 saturated heterocycles. The fourth-order valence-electron chi connectivity index (χ4n) is 3.56. The lowest BCUT2D eigenvalue weighted by Crippen LogP contribution is -2.14. The average molecular weight is 549 g/mol. The third-order valence-electron chi connectivity index (χ3n) is 5.25. The van der Waals surface area contributed by atoms with Crippen molar-refractivity contribution >= 4 is 44.4 Å². The summed E-state index contributed by atoms with van der Waals surface area (Å²) in [5.41, 5.74) is 1.89. The number of methoxy groups -OCH3 is 1. The number of ether oxygens (including phenoxy) is 1. The summed E-state index contributed by atoms with van der Waals surface area (Å²) in [5.74, 6) is -0.465. The van der Waals surface area contributed by atoms with Crippen LogP contribution in [0.2, 0.25) is 0 Å². The van der Waals surface area contributed by atoms with Crippen molar-refractivity contribution in [2.75, 3.05) is 30.3 Å². The van der Waals surface area contributed by atoms with E-state index in [1.54, 1.807) is 30.3 Å². The first-order valence-electron chi connectivity index (χ1n) is 13.0. The molecule has 0 spiro atoms. The Hall–Kier alpha value is -4.71. The molecule has 0 radical (unpaired) electrons. The van der Waals surface area contributed by atoms with E-state index in [-0.39, 0.29) is 22.9 Å². The molecule has 0 atom stereocenters. The number of aromatic nitrogens is 4. The molecule has 4 aromatic rings. The van der Waals surface area contributed by atoms with Gasteiger partial charge in [-0.05, 0) is 24.3 Å². The molecule has 12 heteroatoms. The molecule has 2 N–H and O–H groups in total. The van der Waals surface area contributed by atoms with E-state index in [9.17, 15) is 13.8 Å². The molecule has 0 fully saturated rings. The molecule has 0 aliphatic carbocycles. The second-order valence-corrected chi connectivity index (χ2v) is 11.0. The van der Waals surface area contributed by atoms with Crippen molar-refractivity contribution in [1.82, 2.24) is 19.9 Å². The molecule has 0 bridgehead atoms. The molecule has 11 nitrogen and oxygen atoms in total. The van der Waals surface area contributed by atoms with Gasteiger partial charge in [-0.25, -0.2) is 14.2 Å². The highest BCUT2D eigenvalue weighted by molar-refractivity contribution is 7.92. The van der Waals surface area contributed by atoms with Gasteiger partial charge >= 0.3 is 0 Å². The minimum Gasteiger partial charge on any atom is -0.494 e. The van der Waals surface area contributed by atoms with E-state index in [1.807, 2.05) is 0 Å². The maximum Gasteiger partial charge on any atom is 0.258 e. The highest BCUT2D eigenvalue weighted by atomic mass is 32.2. The van der Waals surface area contributed by atoms with Crippen LogP contribution in [-0.2, 0) is 9.73 Å². The highest BCUT2D eigenvalue weighted by Crippen LogP contribution is 2.38. The van der Waals surface area contributed by atoms with E-state index in [2.05, 4.69) is 34.9 Å². The Morgan fingerprint density at radius 3 is 2.56 bits per heavy atom. The van der Waals surface area contributed by atoms with Crippen LogP contribution in [-0.4, -0.2) is 55.5 Å². The lowest BCUT2D eigenvalue weighted by atomic mass is 10.1. The van der Waals surface area contributed by atoms with Crippen molar-refractivity contribution in [3.05, 3.63) is 78.5 Å². The quantitative estimate of drug-likeness (QED) is 0.279. The number of anilines is 3. The summed E-state index contributed by atoms with van der Waals surface area (Å²) in [6.45, 7) is -2.50. The number of benzene rings is 1. The molecular formula is C27H27N7O4S. The number of nitrogens with one attached hydrogen (secondary N) is 2. The lowest BCUT2D eigenvalue weighted by molar-refractivity contribution is 0.0987. The number of Topliss-reactive ketones (excluding diaryl/α,β-unsaturated/α-hetero) is 1. The molecule has 0 saturated carbocycles. The fourth-order valence-corrected chi connectivity index (χ4v) is 4.11. The molecule has 39 heavy (non-hydrogen) atoms. The normalized spacial score (nSPS) is 12.4. The van der Waals surface area contributed by atoms with Crippen molar-refractivity contribution in [2.45, 2.75) is 13.3 Å². The number of pyridine rings is 2. The van der Waals surface area contributed by atoms with Gasteiger partial charge in [0.2, 0.25) is 0 Å². The monoisotopic (exact) mass is 548 g/mol. The molecule has 0 aliphatic heterocycles. The molecule has 200 valence electrons. The zero-order valence-corrected chi connectivity index (χ0v) is 22.2. The maximum atomic E-state index is 13.0. The van der Waals surface area contributed by atoms with Crippen LogP contribution >= 0.6 is 0 Å². The summed E-state index contributed by atoms with van der Waals surface area (Å²) in [6.07, 6.45) is 9.27. The van der Waals surface area contributed by atoms with Crippen LogP contribution in [0.5, 0.6) is 5.75 Å². The van der Waals surface area contributed by atoms with Gasteiger partial charge in [0, 0.05) is 63.0 Å². The van der Waals surface area contributed by atoms with E-state index in [0.29, 0.717) is 28.3 Å². The number of ketones is 1. The standard InChI is InChI=1S/C27H27N7O4S/c1-5-23(35)19-14-30-24(33-27(36)17-8-7-11-28-13-17)12-21(19)32-20-10-6-9-18(26(20)38-2)22-15-31-25(16-29-22)34-39(3,4)37/h6-16H,5H2,1-4H3,(H2,30,32,33,36)/i1D3. The SMILES string of the molecule is [2H]C([2H])([2H])CC(=O)c1cnc(NC(=O)c2cccnc2)cc1Nc1cccc(-c2cnc(N=S(C)(C)=O)cn2)c1OC. The first-order valence-corrected chi connectivity index (χ1v) is 13.8. The number of carbonyl (C=O) groups is 2. The van der Waals surface area contributed by atoms with Gasteiger partial charge in [-0.3, -0.25) is 19.6 Å². The first kappa shape index (κ1) is 23.4. The molecule has 3 aromatic heterocycles. The predicted octanol–water partition coefficient (Wildman–Crippen LogP) is 4.89. The van der Waals surface area contributed by atoms with Crippen molar-refractivity contribution in [1.29, 1.82) is 0 Å². The van der Waals surface area contributed by atoms with Gasteiger partial charge in [0.1, 0.15) is 5.82 Å². The molecule has 3 heterocycles. The van der Waals surface area contributed by atoms with Crippen LogP contribution in [0, 0.1) is 0 Å². The van der Waals surface area contributed by atoms with E-state index in [0.717, 1.165) is 0 Å². The number of hydrogen-bond donors (Lipinski definition) is 2. The zero-order chi connectivity index (χ0) is 30.5. The molecule has 1 aromatic carbocycles. The van der Waals surface area contributed by atoms with Crippen LogP contribution in [0.1, 0.15) is 38.1 Å². The Kier molecular flexibility index (Phi) is 7.07. The van der Waals surface area contributed by atoms with Gasteiger partial charge in [0.25, 0.3) is 5.91 Å². The smallest absolute Gasteiger partial charge is 0.258 e. The highest BCUT2D eigenvalue weighted by Gasteiger charge is 2.18. The minimum atomic E-state index is -2.50. The van der Waals surface area contributed by atoms with E-state index in [4.69, 9.17) is 8.85 Å². The summed E-state index contributed by atoms with van der Waals surface area (Å²) in [4.78, 5) is 42.4. The lowest BCUT2D eigenvalue weighted by Gasteiger charge is -2.17. The van der Waals surface area contributed by atoms with Gasteiger partial charge in [-0.15, -0.1) is 0 Å².